The Hall–Kier alpha value is -1.38. The van der Waals surface area contributed by atoms with Gasteiger partial charge in [0, 0.05) is 6.92 Å². The monoisotopic (exact) mass is 859 g/mol. The number of amides is 2. The minimum Gasteiger partial charge on any atom is -0.394 e. The Morgan fingerprint density at radius 1 is 0.617 bits per heavy atom. The molecule has 0 saturated carbocycles. The van der Waals surface area contributed by atoms with E-state index >= 15 is 0 Å². The normalized spacial score (nSPS) is 21.5. The quantitative estimate of drug-likeness (QED) is 0.0281. The molecule has 0 aromatic heterocycles. The van der Waals surface area contributed by atoms with E-state index in [1.165, 1.54) is 135 Å². The Balaban J connectivity index is 2.54. The molecule has 1 fully saturated rings. The number of hydrogen-bond donors (Lipinski definition) is 8. The summed E-state index contributed by atoms with van der Waals surface area (Å²) in [6.07, 6.45) is 24.8. The van der Waals surface area contributed by atoms with Gasteiger partial charge < -0.3 is 50.7 Å². The van der Waals surface area contributed by atoms with E-state index in [0.717, 1.165) is 44.4 Å². The maximum absolute atomic E-state index is 13.2. The summed E-state index contributed by atoms with van der Waals surface area (Å²) in [6.45, 7) is 6.98. The van der Waals surface area contributed by atoms with E-state index in [2.05, 4.69) is 31.4 Å². The van der Waals surface area contributed by atoms with Gasteiger partial charge in [-0.2, -0.15) is 0 Å². The first-order chi connectivity index (χ1) is 28.9. The fraction of sp³-hybridized carbons (Fsp3) is 0.958. The number of aliphatic hydroxyl groups excluding tert-OH is 6. The molecule has 1 saturated heterocycles. The van der Waals surface area contributed by atoms with E-state index in [1.54, 1.807) is 0 Å². The third-order valence-electron chi connectivity index (χ3n) is 12.2. The summed E-state index contributed by atoms with van der Waals surface area (Å²) in [5.41, 5.74) is 0. The van der Waals surface area contributed by atoms with Gasteiger partial charge in [-0.3, -0.25) is 9.59 Å². The first-order valence-corrected chi connectivity index (χ1v) is 24.8. The summed E-state index contributed by atoms with van der Waals surface area (Å²) in [6, 6.07) is -2.38. The van der Waals surface area contributed by atoms with Crippen LogP contribution in [0.5, 0.6) is 0 Å². The lowest BCUT2D eigenvalue weighted by molar-refractivity contribution is -0.272. The molecule has 60 heavy (non-hydrogen) atoms. The van der Waals surface area contributed by atoms with E-state index in [0.29, 0.717) is 19.3 Å². The minimum absolute atomic E-state index is 0.257. The molecule has 1 aliphatic rings. The summed E-state index contributed by atoms with van der Waals surface area (Å²) in [5, 5.41) is 69.1. The van der Waals surface area contributed by atoms with Gasteiger partial charge in [-0.15, -0.1) is 0 Å². The van der Waals surface area contributed by atoms with Gasteiger partial charge in [0.25, 0.3) is 0 Å². The Morgan fingerprint density at radius 3 is 1.45 bits per heavy atom. The highest BCUT2D eigenvalue weighted by Gasteiger charge is 2.46. The lowest BCUT2D eigenvalue weighted by Gasteiger charge is -2.42. The van der Waals surface area contributed by atoms with Crippen LogP contribution in [-0.2, 0) is 19.1 Å². The van der Waals surface area contributed by atoms with Gasteiger partial charge in [-0.1, -0.05) is 201 Å². The van der Waals surface area contributed by atoms with Crippen molar-refractivity contribution in [1.82, 2.24) is 10.6 Å². The van der Waals surface area contributed by atoms with Crippen molar-refractivity contribution in [2.24, 2.45) is 5.92 Å². The molecule has 0 aliphatic carbocycles. The summed E-state index contributed by atoms with van der Waals surface area (Å²) in [5.74, 6) is -0.456. The number of hydrogen-bond acceptors (Lipinski definition) is 10. The SMILES string of the molecule is CCCCCCCCCCCCCCCCCCCC[C@H](O)C(=O)N[C@@H](CO[C@@H]1O[C@@H](CO)[C@H](O)[C@@H](O)[C@H]1NC(C)=O)[C@H](O)[C@H](O)CCCCCCCCCCCC(C)C. The number of carbonyl (C=O) groups excluding carboxylic acids is 2. The van der Waals surface area contributed by atoms with Crippen LogP contribution >= 0.6 is 0 Å². The fourth-order valence-electron chi connectivity index (χ4n) is 8.27. The molecule has 0 bridgehead atoms. The molecule has 0 aromatic rings. The van der Waals surface area contributed by atoms with Crippen molar-refractivity contribution < 1.29 is 49.7 Å². The first-order valence-electron chi connectivity index (χ1n) is 24.8. The highest BCUT2D eigenvalue weighted by atomic mass is 16.7. The fourth-order valence-corrected chi connectivity index (χ4v) is 8.27. The Morgan fingerprint density at radius 2 is 1.03 bits per heavy atom. The first kappa shape index (κ1) is 56.6. The number of carbonyl (C=O) groups is 2. The number of ether oxygens (including phenoxy) is 2. The number of aliphatic hydroxyl groups is 6. The number of nitrogens with one attached hydrogen (secondary N) is 2. The van der Waals surface area contributed by atoms with Crippen LogP contribution in [-0.4, -0.2) is 111 Å². The van der Waals surface area contributed by atoms with Gasteiger partial charge >= 0.3 is 0 Å². The molecule has 0 aromatic carbocycles. The van der Waals surface area contributed by atoms with E-state index in [9.17, 15) is 40.2 Å². The molecule has 356 valence electrons. The topological polar surface area (TPSA) is 198 Å². The van der Waals surface area contributed by atoms with Crippen molar-refractivity contribution in [1.29, 1.82) is 0 Å². The van der Waals surface area contributed by atoms with Gasteiger partial charge in [0.15, 0.2) is 6.29 Å². The van der Waals surface area contributed by atoms with Gasteiger partial charge in [0.05, 0.1) is 25.4 Å². The maximum atomic E-state index is 13.2. The molecule has 9 atom stereocenters. The van der Waals surface area contributed by atoms with Crippen LogP contribution < -0.4 is 10.6 Å². The average Bonchev–Trinajstić information content (AvgIpc) is 3.22. The van der Waals surface area contributed by atoms with E-state index in [1.807, 2.05) is 0 Å². The molecule has 0 radical (unpaired) electrons. The highest BCUT2D eigenvalue weighted by molar-refractivity contribution is 5.80. The third kappa shape index (κ3) is 27.6. The molecule has 1 heterocycles. The summed E-state index contributed by atoms with van der Waals surface area (Å²) >= 11 is 0. The van der Waals surface area contributed by atoms with Gasteiger partial charge in [0.2, 0.25) is 11.8 Å². The predicted molar refractivity (Wildman–Crippen MR) is 240 cm³/mol. The van der Waals surface area contributed by atoms with Crippen molar-refractivity contribution in [3.05, 3.63) is 0 Å². The summed E-state index contributed by atoms with van der Waals surface area (Å²) in [7, 11) is 0. The van der Waals surface area contributed by atoms with Crippen LogP contribution in [0.15, 0.2) is 0 Å². The van der Waals surface area contributed by atoms with Gasteiger partial charge in [-0.05, 0) is 18.8 Å². The van der Waals surface area contributed by atoms with Gasteiger partial charge in [-0.25, -0.2) is 0 Å². The molecule has 12 heteroatoms. The summed E-state index contributed by atoms with van der Waals surface area (Å²) in [4.78, 5) is 25.1. The van der Waals surface area contributed by atoms with Crippen LogP contribution in [0.4, 0.5) is 0 Å². The van der Waals surface area contributed by atoms with Crippen LogP contribution in [0.3, 0.4) is 0 Å². The number of rotatable bonds is 40. The second kappa shape index (κ2) is 37.0. The van der Waals surface area contributed by atoms with Crippen molar-refractivity contribution in [2.75, 3.05) is 13.2 Å². The zero-order valence-electron chi connectivity index (χ0n) is 38.7. The Bertz CT molecular complexity index is 1020. The van der Waals surface area contributed by atoms with Crippen molar-refractivity contribution in [2.45, 2.75) is 275 Å². The van der Waals surface area contributed by atoms with Crippen LogP contribution in [0.1, 0.15) is 220 Å². The standard InChI is InChI=1S/C48H94N2O10/c1-5-6-7-8-9-10-11-12-13-14-15-16-17-18-21-25-28-31-34-41(54)47(58)50-39(36-59-48-43(49-38(4)52)46(57)45(56)42(35-51)60-48)44(55)40(53)33-30-27-24-22-19-20-23-26-29-32-37(2)3/h37,39-46,48,51,53-57H,5-36H2,1-4H3,(H,49,52)(H,50,58)/t39-,40+,41-,42-,43+,44-,45-,46-,48+/m0/s1. The average molecular weight is 859 g/mol. The molecule has 1 aliphatic heterocycles. The molecule has 8 N–H and O–H groups in total. The van der Waals surface area contributed by atoms with Crippen LogP contribution in [0.25, 0.3) is 0 Å². The lowest BCUT2D eigenvalue weighted by Crippen LogP contribution is -2.65. The number of unbranched alkanes of at least 4 members (excludes halogenated alkanes) is 25. The Kier molecular flexibility index (Phi) is 35.0. The van der Waals surface area contributed by atoms with Gasteiger partial charge in [0.1, 0.15) is 36.6 Å². The van der Waals surface area contributed by atoms with Crippen LogP contribution in [0.2, 0.25) is 0 Å². The molecule has 1 rings (SSSR count). The largest absolute Gasteiger partial charge is 0.394 e. The van der Waals surface area contributed by atoms with Crippen molar-refractivity contribution in [3.63, 3.8) is 0 Å². The second-order valence-electron chi connectivity index (χ2n) is 18.4. The van der Waals surface area contributed by atoms with E-state index in [4.69, 9.17) is 9.47 Å². The van der Waals surface area contributed by atoms with E-state index in [-0.39, 0.29) is 6.42 Å². The lowest BCUT2D eigenvalue weighted by atomic mass is 9.96. The summed E-state index contributed by atoms with van der Waals surface area (Å²) < 4.78 is 11.6. The third-order valence-corrected chi connectivity index (χ3v) is 12.2. The zero-order valence-corrected chi connectivity index (χ0v) is 38.7. The molecular formula is C48H94N2O10. The molecule has 0 spiro atoms. The highest BCUT2D eigenvalue weighted by Crippen LogP contribution is 2.24. The van der Waals surface area contributed by atoms with Crippen molar-refractivity contribution in [3.8, 4) is 0 Å². The molecule has 12 nitrogen and oxygen atoms in total. The maximum Gasteiger partial charge on any atom is 0.249 e. The molecular weight excluding hydrogens is 765 g/mol. The zero-order chi connectivity index (χ0) is 44.4. The predicted octanol–water partition coefficient (Wildman–Crippen LogP) is 7.89. The van der Waals surface area contributed by atoms with E-state index < -0.39 is 80.0 Å². The Labute approximate surface area is 365 Å². The van der Waals surface area contributed by atoms with Crippen molar-refractivity contribution >= 4 is 11.8 Å². The smallest absolute Gasteiger partial charge is 0.249 e. The molecule has 2 amide bonds. The molecule has 0 unspecified atom stereocenters. The minimum atomic E-state index is -1.53. The second-order valence-corrected chi connectivity index (χ2v) is 18.4. The van der Waals surface area contributed by atoms with Crippen LogP contribution in [0, 0.1) is 5.92 Å².